The highest BCUT2D eigenvalue weighted by Crippen LogP contribution is 2.07. The lowest BCUT2D eigenvalue weighted by Gasteiger charge is -2.04. The maximum atomic E-state index is 11.9. The second kappa shape index (κ2) is 12.5. The van der Waals surface area contributed by atoms with Gasteiger partial charge in [-0.2, -0.15) is 4.57 Å². The van der Waals surface area contributed by atoms with E-state index in [-0.39, 0.29) is 18.4 Å². The number of hydrogen-bond acceptors (Lipinski definition) is 2. The summed E-state index contributed by atoms with van der Waals surface area (Å²) >= 11 is 0. The van der Waals surface area contributed by atoms with Gasteiger partial charge < -0.3 is 10.6 Å². The van der Waals surface area contributed by atoms with E-state index in [1.807, 2.05) is 0 Å². The van der Waals surface area contributed by atoms with E-state index >= 15 is 0 Å². The van der Waals surface area contributed by atoms with Gasteiger partial charge in [0.25, 0.3) is 11.8 Å². The van der Waals surface area contributed by atoms with Crippen molar-refractivity contribution in [2.45, 2.75) is 64.8 Å². The van der Waals surface area contributed by atoms with E-state index in [9.17, 15) is 9.59 Å². The van der Waals surface area contributed by atoms with Crippen LogP contribution in [0.25, 0.3) is 0 Å². The molecule has 0 aliphatic carbocycles. The predicted molar refractivity (Wildman–Crippen MR) is 95.6 cm³/mol. The van der Waals surface area contributed by atoms with Crippen molar-refractivity contribution in [3.05, 3.63) is 30.1 Å². The first-order chi connectivity index (χ1) is 11.7. The number of nitrogens with one attached hydrogen (secondary N) is 2. The van der Waals surface area contributed by atoms with Crippen LogP contribution in [0.15, 0.2) is 24.5 Å². The van der Waals surface area contributed by atoms with Crippen LogP contribution in [0.2, 0.25) is 0 Å². The van der Waals surface area contributed by atoms with Gasteiger partial charge in [0.05, 0.1) is 0 Å². The summed E-state index contributed by atoms with van der Waals surface area (Å²) in [6.45, 7) is 3.20. The molecule has 0 fully saturated rings. The van der Waals surface area contributed by atoms with Crippen LogP contribution >= 0.6 is 0 Å². The summed E-state index contributed by atoms with van der Waals surface area (Å²) in [5.41, 5.74) is 0.552. The first kappa shape index (κ1) is 20.1. The lowest BCUT2D eigenvalue weighted by molar-refractivity contribution is -0.684. The third-order valence-electron chi connectivity index (χ3n) is 4.03. The van der Waals surface area contributed by atoms with Gasteiger partial charge in [-0.25, -0.2) is 0 Å². The molecule has 0 saturated heterocycles. The van der Waals surface area contributed by atoms with Gasteiger partial charge >= 0.3 is 0 Å². The van der Waals surface area contributed by atoms with Crippen LogP contribution < -0.4 is 15.2 Å². The minimum absolute atomic E-state index is 0.0167. The molecular formula is C19H32N3O2+. The summed E-state index contributed by atoms with van der Waals surface area (Å²) < 4.78 is 1.73. The van der Waals surface area contributed by atoms with E-state index < -0.39 is 0 Å². The van der Waals surface area contributed by atoms with Gasteiger partial charge in [-0.1, -0.05) is 51.9 Å². The summed E-state index contributed by atoms with van der Waals surface area (Å²) in [6, 6.07) is 3.50. The average Bonchev–Trinajstić information content (AvgIpc) is 2.59. The van der Waals surface area contributed by atoms with Crippen molar-refractivity contribution in [2.24, 2.45) is 0 Å². The number of aromatic nitrogens is 1. The van der Waals surface area contributed by atoms with Crippen molar-refractivity contribution >= 4 is 11.8 Å². The maximum absolute atomic E-state index is 11.9. The SMILES string of the molecule is CCCCCCCCCCNC(=O)C[n+]1cccc(C(=O)NC)c1. The summed E-state index contributed by atoms with van der Waals surface area (Å²) in [5.74, 6) is -0.166. The number of unbranched alkanes of at least 4 members (excludes halogenated alkanes) is 7. The Labute approximate surface area is 145 Å². The molecule has 134 valence electrons. The molecule has 0 spiro atoms. The second-order valence-electron chi connectivity index (χ2n) is 6.17. The van der Waals surface area contributed by atoms with E-state index in [0.29, 0.717) is 5.56 Å². The maximum Gasteiger partial charge on any atom is 0.285 e. The quantitative estimate of drug-likeness (QED) is 0.456. The minimum atomic E-state index is -0.149. The van der Waals surface area contributed by atoms with Crippen LogP contribution in [-0.2, 0) is 11.3 Å². The van der Waals surface area contributed by atoms with Crippen LogP contribution in [0.4, 0.5) is 0 Å². The second-order valence-corrected chi connectivity index (χ2v) is 6.17. The number of hydrogen-bond donors (Lipinski definition) is 2. The van der Waals surface area contributed by atoms with Crippen molar-refractivity contribution < 1.29 is 14.2 Å². The summed E-state index contributed by atoms with van der Waals surface area (Å²) in [6.07, 6.45) is 13.5. The number of amides is 2. The molecule has 0 saturated carbocycles. The summed E-state index contributed by atoms with van der Waals surface area (Å²) in [7, 11) is 1.59. The molecule has 5 heteroatoms. The van der Waals surface area contributed by atoms with Gasteiger partial charge in [-0.05, 0) is 12.5 Å². The largest absolute Gasteiger partial charge is 0.355 e. The first-order valence-corrected chi connectivity index (χ1v) is 9.15. The van der Waals surface area contributed by atoms with Crippen LogP contribution in [-0.4, -0.2) is 25.4 Å². The number of rotatable bonds is 12. The fourth-order valence-corrected chi connectivity index (χ4v) is 2.61. The molecule has 0 aliphatic rings. The van der Waals surface area contributed by atoms with Gasteiger partial charge in [-0.3, -0.25) is 9.59 Å². The fraction of sp³-hybridized carbons (Fsp3) is 0.632. The van der Waals surface area contributed by atoms with Crippen LogP contribution in [0, 0.1) is 0 Å². The zero-order valence-electron chi connectivity index (χ0n) is 15.1. The van der Waals surface area contributed by atoms with Crippen molar-refractivity contribution in [3.8, 4) is 0 Å². The Balaban J connectivity index is 2.15. The van der Waals surface area contributed by atoms with Crippen molar-refractivity contribution in [2.75, 3.05) is 13.6 Å². The molecular weight excluding hydrogens is 302 g/mol. The fourth-order valence-electron chi connectivity index (χ4n) is 2.61. The van der Waals surface area contributed by atoms with E-state index in [4.69, 9.17) is 0 Å². The number of pyridine rings is 1. The third-order valence-corrected chi connectivity index (χ3v) is 4.03. The zero-order valence-corrected chi connectivity index (χ0v) is 15.1. The van der Waals surface area contributed by atoms with Gasteiger partial charge in [-0.15, -0.1) is 0 Å². The number of carbonyl (C=O) groups is 2. The molecule has 1 rings (SSSR count). The molecule has 2 N–H and O–H groups in total. The Hall–Kier alpha value is -1.91. The van der Waals surface area contributed by atoms with Crippen molar-refractivity contribution in [3.63, 3.8) is 0 Å². The van der Waals surface area contributed by atoms with Crippen LogP contribution in [0.5, 0.6) is 0 Å². The third kappa shape index (κ3) is 8.65. The minimum Gasteiger partial charge on any atom is -0.355 e. The number of nitrogens with zero attached hydrogens (tertiary/aromatic N) is 1. The van der Waals surface area contributed by atoms with E-state index in [0.717, 1.165) is 13.0 Å². The van der Waals surface area contributed by atoms with Crippen molar-refractivity contribution in [1.82, 2.24) is 10.6 Å². The topological polar surface area (TPSA) is 62.1 Å². The molecule has 0 atom stereocenters. The van der Waals surface area contributed by atoms with Crippen LogP contribution in [0.1, 0.15) is 68.6 Å². The molecule has 0 radical (unpaired) electrons. The molecule has 2 amide bonds. The average molecular weight is 334 g/mol. The lowest BCUT2D eigenvalue weighted by Crippen LogP contribution is -2.43. The Morgan fingerprint density at radius 2 is 1.71 bits per heavy atom. The molecule has 1 aromatic heterocycles. The zero-order chi connectivity index (χ0) is 17.6. The molecule has 24 heavy (non-hydrogen) atoms. The molecule has 0 aromatic carbocycles. The molecule has 1 aromatic rings. The Kier molecular flexibility index (Phi) is 10.5. The highest BCUT2D eigenvalue weighted by Gasteiger charge is 2.12. The Morgan fingerprint density at radius 1 is 1.04 bits per heavy atom. The normalized spacial score (nSPS) is 10.4. The lowest BCUT2D eigenvalue weighted by atomic mass is 10.1. The molecule has 5 nitrogen and oxygen atoms in total. The number of carbonyl (C=O) groups excluding carboxylic acids is 2. The monoisotopic (exact) mass is 334 g/mol. The van der Waals surface area contributed by atoms with Gasteiger partial charge in [0.1, 0.15) is 5.56 Å². The summed E-state index contributed by atoms with van der Waals surface area (Å²) in [4.78, 5) is 23.5. The molecule has 0 aliphatic heterocycles. The van der Waals surface area contributed by atoms with Crippen LogP contribution in [0.3, 0.4) is 0 Å². The highest BCUT2D eigenvalue weighted by molar-refractivity contribution is 5.93. The van der Waals surface area contributed by atoms with Gasteiger partial charge in [0, 0.05) is 19.7 Å². The summed E-state index contributed by atoms with van der Waals surface area (Å²) in [5, 5.41) is 5.52. The van der Waals surface area contributed by atoms with Gasteiger partial charge in [0.15, 0.2) is 12.4 Å². The van der Waals surface area contributed by atoms with E-state index in [1.165, 1.54) is 44.9 Å². The highest BCUT2D eigenvalue weighted by atomic mass is 16.2. The molecule has 0 bridgehead atoms. The van der Waals surface area contributed by atoms with Crippen molar-refractivity contribution in [1.29, 1.82) is 0 Å². The van der Waals surface area contributed by atoms with E-state index in [1.54, 1.807) is 36.1 Å². The Bertz CT molecular complexity index is 503. The first-order valence-electron chi connectivity index (χ1n) is 9.15. The van der Waals surface area contributed by atoms with Gasteiger partial charge in [0.2, 0.25) is 6.54 Å². The standard InChI is InChI=1S/C19H31N3O2/c1-3-4-5-6-7-8-9-10-13-21-18(23)16-22-14-11-12-17(15-22)19(24)20-2/h11-12,14-15H,3-10,13,16H2,1-2H3,(H-,20,21,23,24)/p+1. The van der Waals surface area contributed by atoms with E-state index in [2.05, 4.69) is 17.6 Å². The predicted octanol–water partition coefficient (Wildman–Crippen LogP) is 2.59. The molecule has 1 heterocycles. The Morgan fingerprint density at radius 3 is 2.38 bits per heavy atom. The smallest absolute Gasteiger partial charge is 0.285 e. The molecule has 0 unspecified atom stereocenters.